The number of hydrogen-bond donors (Lipinski definition) is 3. The number of amides is 1. The van der Waals surface area contributed by atoms with Crippen LogP contribution in [0.1, 0.15) is 17.4 Å². The molecule has 2 rings (SSSR count). The lowest BCUT2D eigenvalue weighted by Gasteiger charge is -2.25. The Hall–Kier alpha value is -1.98. The van der Waals surface area contributed by atoms with Crippen LogP contribution < -0.4 is 5.32 Å². The molecule has 1 aromatic carbocycles. The van der Waals surface area contributed by atoms with Gasteiger partial charge in [-0.05, 0) is 19.1 Å². The second-order valence-electron chi connectivity index (χ2n) is 4.72. The van der Waals surface area contributed by atoms with Crippen molar-refractivity contribution in [1.29, 1.82) is 0 Å². The number of aromatic nitrogens is 1. The highest BCUT2D eigenvalue weighted by molar-refractivity contribution is 5.95. The summed E-state index contributed by atoms with van der Waals surface area (Å²) in [7, 11) is 0. The minimum Gasteiger partial charge on any atom is -0.394 e. The first-order chi connectivity index (χ1) is 9.08. The third kappa shape index (κ3) is 2.89. The lowest BCUT2D eigenvalue weighted by molar-refractivity contribution is 0.0720. The first-order valence-corrected chi connectivity index (χ1v) is 5.98. The van der Waals surface area contributed by atoms with Crippen molar-refractivity contribution in [1.82, 2.24) is 10.3 Å². The number of fused-ring (bicyclic) bond motifs is 1. The Kier molecular flexibility index (Phi) is 3.78. The third-order valence-corrected chi connectivity index (χ3v) is 2.94. The summed E-state index contributed by atoms with van der Waals surface area (Å²) < 4.78 is 0. The molecule has 100 valence electrons. The van der Waals surface area contributed by atoms with Gasteiger partial charge in [-0.15, -0.1) is 0 Å². The molecular weight excluding hydrogens is 244 g/mol. The summed E-state index contributed by atoms with van der Waals surface area (Å²) in [6, 6.07) is 10.9. The van der Waals surface area contributed by atoms with Crippen LogP contribution in [0.15, 0.2) is 36.4 Å². The van der Waals surface area contributed by atoms with Crippen LogP contribution in [0.4, 0.5) is 0 Å². The van der Waals surface area contributed by atoms with Crippen LogP contribution in [0.5, 0.6) is 0 Å². The number of pyridine rings is 1. The van der Waals surface area contributed by atoms with E-state index in [4.69, 9.17) is 10.2 Å². The molecule has 1 amide bonds. The minimum atomic E-state index is -1.05. The number of para-hydroxylation sites is 1. The highest BCUT2D eigenvalue weighted by atomic mass is 16.3. The fourth-order valence-corrected chi connectivity index (χ4v) is 1.66. The second-order valence-corrected chi connectivity index (χ2v) is 4.72. The van der Waals surface area contributed by atoms with E-state index in [1.54, 1.807) is 13.0 Å². The number of nitrogens with one attached hydrogen (secondary N) is 1. The topological polar surface area (TPSA) is 82.5 Å². The first-order valence-electron chi connectivity index (χ1n) is 5.98. The molecule has 2 aromatic rings. The molecule has 19 heavy (non-hydrogen) atoms. The fourth-order valence-electron chi connectivity index (χ4n) is 1.66. The van der Waals surface area contributed by atoms with Gasteiger partial charge in [-0.1, -0.05) is 24.3 Å². The predicted octanol–water partition coefficient (Wildman–Crippen LogP) is 0.708. The molecule has 0 radical (unpaired) electrons. The molecule has 1 heterocycles. The van der Waals surface area contributed by atoms with Gasteiger partial charge in [-0.2, -0.15) is 0 Å². The van der Waals surface area contributed by atoms with Crippen molar-refractivity contribution in [3.8, 4) is 0 Å². The summed E-state index contributed by atoms with van der Waals surface area (Å²) >= 11 is 0. The molecule has 0 spiro atoms. The van der Waals surface area contributed by atoms with E-state index in [0.29, 0.717) is 0 Å². The molecule has 0 aliphatic heterocycles. The maximum atomic E-state index is 12.0. The van der Waals surface area contributed by atoms with E-state index >= 15 is 0 Å². The number of nitrogens with zero attached hydrogens (tertiary/aromatic N) is 1. The maximum absolute atomic E-state index is 12.0. The molecule has 0 bridgehead atoms. The molecule has 0 saturated heterocycles. The smallest absolute Gasteiger partial charge is 0.270 e. The van der Waals surface area contributed by atoms with Crippen molar-refractivity contribution in [3.05, 3.63) is 42.1 Å². The quantitative estimate of drug-likeness (QED) is 0.756. The van der Waals surface area contributed by atoms with Crippen molar-refractivity contribution in [2.24, 2.45) is 0 Å². The Morgan fingerprint density at radius 3 is 2.58 bits per heavy atom. The van der Waals surface area contributed by atoms with Crippen molar-refractivity contribution in [3.63, 3.8) is 0 Å². The summed E-state index contributed by atoms with van der Waals surface area (Å²) in [6.45, 7) is 0.873. The number of carbonyl (C=O) groups is 1. The van der Waals surface area contributed by atoms with Crippen LogP contribution in [-0.2, 0) is 0 Å². The fraction of sp³-hybridized carbons (Fsp3) is 0.286. The molecule has 0 saturated carbocycles. The Morgan fingerprint density at radius 1 is 1.21 bits per heavy atom. The van der Waals surface area contributed by atoms with Crippen LogP contribution in [-0.4, -0.2) is 39.9 Å². The molecular formula is C14H16N2O3. The largest absolute Gasteiger partial charge is 0.394 e. The van der Waals surface area contributed by atoms with Crippen LogP contribution in [0.2, 0.25) is 0 Å². The normalized spacial score (nSPS) is 11.5. The van der Waals surface area contributed by atoms with Crippen molar-refractivity contribution in [2.75, 3.05) is 13.2 Å². The highest BCUT2D eigenvalue weighted by Gasteiger charge is 2.25. The average molecular weight is 260 g/mol. The molecule has 0 aliphatic rings. The average Bonchev–Trinajstić information content (AvgIpc) is 2.46. The molecule has 0 aliphatic carbocycles. The molecule has 5 heteroatoms. The van der Waals surface area contributed by atoms with E-state index in [2.05, 4.69) is 10.3 Å². The molecule has 1 aromatic heterocycles. The van der Waals surface area contributed by atoms with Gasteiger partial charge in [0, 0.05) is 5.39 Å². The SMILES string of the molecule is CC(CO)(CO)NC(=O)c1ccc2ccccc2n1. The van der Waals surface area contributed by atoms with Gasteiger partial charge < -0.3 is 15.5 Å². The number of aliphatic hydroxyl groups excluding tert-OH is 2. The van der Waals surface area contributed by atoms with Crippen molar-refractivity contribution < 1.29 is 15.0 Å². The number of hydrogen-bond acceptors (Lipinski definition) is 4. The van der Waals surface area contributed by atoms with E-state index in [0.717, 1.165) is 10.9 Å². The van der Waals surface area contributed by atoms with Gasteiger partial charge in [0.05, 0.1) is 24.3 Å². The summed E-state index contributed by atoms with van der Waals surface area (Å²) in [5, 5.41) is 21.8. The van der Waals surface area contributed by atoms with Gasteiger partial charge in [-0.25, -0.2) is 4.98 Å². The van der Waals surface area contributed by atoms with Gasteiger partial charge in [-0.3, -0.25) is 4.79 Å². The summed E-state index contributed by atoms with van der Waals surface area (Å²) in [6.07, 6.45) is 0. The van der Waals surface area contributed by atoms with E-state index in [1.807, 2.05) is 30.3 Å². The van der Waals surface area contributed by atoms with E-state index in [1.165, 1.54) is 0 Å². The van der Waals surface area contributed by atoms with Crippen LogP contribution in [0, 0.1) is 0 Å². The zero-order valence-electron chi connectivity index (χ0n) is 10.6. The Labute approximate surface area is 110 Å². The lowest BCUT2D eigenvalue weighted by Crippen LogP contribution is -2.51. The minimum absolute atomic E-state index is 0.256. The zero-order valence-corrected chi connectivity index (χ0v) is 10.6. The summed E-state index contributed by atoms with van der Waals surface area (Å²) in [5.74, 6) is -0.420. The van der Waals surface area contributed by atoms with Crippen molar-refractivity contribution >= 4 is 16.8 Å². The van der Waals surface area contributed by atoms with Gasteiger partial charge in [0.1, 0.15) is 5.69 Å². The number of carbonyl (C=O) groups excluding carboxylic acids is 1. The predicted molar refractivity (Wildman–Crippen MR) is 71.8 cm³/mol. The monoisotopic (exact) mass is 260 g/mol. The molecule has 0 fully saturated rings. The zero-order chi connectivity index (χ0) is 13.9. The Balaban J connectivity index is 2.26. The van der Waals surface area contributed by atoms with E-state index in [-0.39, 0.29) is 18.9 Å². The van der Waals surface area contributed by atoms with Crippen molar-refractivity contribution in [2.45, 2.75) is 12.5 Å². The van der Waals surface area contributed by atoms with E-state index < -0.39 is 11.4 Å². The number of benzene rings is 1. The van der Waals surface area contributed by atoms with Gasteiger partial charge in [0.2, 0.25) is 0 Å². The third-order valence-electron chi connectivity index (χ3n) is 2.94. The summed E-state index contributed by atoms with van der Waals surface area (Å²) in [5.41, 5.74) is -0.0681. The Morgan fingerprint density at radius 2 is 1.89 bits per heavy atom. The second kappa shape index (κ2) is 5.34. The van der Waals surface area contributed by atoms with Gasteiger partial charge >= 0.3 is 0 Å². The molecule has 5 nitrogen and oxygen atoms in total. The maximum Gasteiger partial charge on any atom is 0.270 e. The first kappa shape index (κ1) is 13.5. The molecule has 0 atom stereocenters. The summed E-state index contributed by atoms with van der Waals surface area (Å²) in [4.78, 5) is 16.3. The standard InChI is InChI=1S/C14H16N2O3/c1-14(8-17,9-18)16-13(19)12-7-6-10-4-2-3-5-11(10)15-12/h2-7,17-18H,8-9H2,1H3,(H,16,19). The van der Waals surface area contributed by atoms with Crippen LogP contribution in [0.25, 0.3) is 10.9 Å². The Bertz CT molecular complexity index is 594. The van der Waals surface area contributed by atoms with Gasteiger partial charge in [0.25, 0.3) is 5.91 Å². The van der Waals surface area contributed by atoms with Gasteiger partial charge in [0.15, 0.2) is 0 Å². The molecule has 0 unspecified atom stereocenters. The van der Waals surface area contributed by atoms with E-state index in [9.17, 15) is 4.79 Å². The highest BCUT2D eigenvalue weighted by Crippen LogP contribution is 2.12. The van der Waals surface area contributed by atoms with Crippen LogP contribution >= 0.6 is 0 Å². The number of aliphatic hydroxyl groups is 2. The molecule has 3 N–H and O–H groups in total. The number of rotatable bonds is 4. The van der Waals surface area contributed by atoms with Crippen LogP contribution in [0.3, 0.4) is 0 Å². The lowest BCUT2D eigenvalue weighted by atomic mass is 10.1.